The number of benzene rings is 1. The highest BCUT2D eigenvalue weighted by Crippen LogP contribution is 2.21. The number of aliphatic hydroxyl groups is 1. The van der Waals surface area contributed by atoms with E-state index < -0.39 is 6.10 Å². The molecule has 1 amide bonds. The summed E-state index contributed by atoms with van der Waals surface area (Å²) < 4.78 is 0. The van der Waals surface area contributed by atoms with Crippen LogP contribution in [0.5, 0.6) is 0 Å². The first kappa shape index (κ1) is 13.6. The van der Waals surface area contributed by atoms with E-state index in [1.807, 2.05) is 38.1 Å². The van der Waals surface area contributed by atoms with E-state index in [2.05, 4.69) is 10.3 Å². The molecule has 1 atom stereocenters. The number of aromatic nitrogens is 1. The number of nitrogens with one attached hydrogen (secondary N) is 2. The lowest BCUT2D eigenvalue weighted by Gasteiger charge is -2.10. The molecule has 1 aromatic heterocycles. The molecule has 0 bridgehead atoms. The van der Waals surface area contributed by atoms with Gasteiger partial charge >= 0.3 is 0 Å². The first-order valence-corrected chi connectivity index (χ1v) is 6.67. The minimum Gasteiger partial charge on any atom is -0.391 e. The average Bonchev–Trinajstić information content (AvgIpc) is 2.72. The molecule has 2 rings (SSSR count). The van der Waals surface area contributed by atoms with Crippen LogP contribution in [0.2, 0.25) is 0 Å². The van der Waals surface area contributed by atoms with Crippen LogP contribution in [-0.4, -0.2) is 28.6 Å². The highest BCUT2D eigenvalue weighted by atomic mass is 16.3. The number of hydrogen-bond donors (Lipinski definition) is 3. The Balaban J connectivity index is 2.15. The van der Waals surface area contributed by atoms with Gasteiger partial charge in [-0.3, -0.25) is 4.79 Å². The van der Waals surface area contributed by atoms with Crippen molar-refractivity contribution in [1.29, 1.82) is 0 Å². The summed E-state index contributed by atoms with van der Waals surface area (Å²) in [5.74, 6) is -0.134. The van der Waals surface area contributed by atoms with E-state index in [4.69, 9.17) is 0 Å². The minimum atomic E-state index is -0.473. The predicted octanol–water partition coefficient (Wildman–Crippen LogP) is 2.37. The van der Waals surface area contributed by atoms with Crippen LogP contribution in [-0.2, 0) is 0 Å². The first-order chi connectivity index (χ1) is 9.13. The molecule has 0 aliphatic heterocycles. The predicted molar refractivity (Wildman–Crippen MR) is 76.3 cm³/mol. The Morgan fingerprint density at radius 3 is 2.89 bits per heavy atom. The monoisotopic (exact) mass is 260 g/mol. The van der Waals surface area contributed by atoms with Gasteiger partial charge < -0.3 is 15.4 Å². The number of aryl methyl sites for hydroxylation is 1. The number of aliphatic hydroxyl groups excluding tert-OH is 1. The average molecular weight is 260 g/mol. The lowest BCUT2D eigenvalue weighted by molar-refractivity contribution is 0.0911. The van der Waals surface area contributed by atoms with Gasteiger partial charge in [0.1, 0.15) is 0 Å². The smallest absolute Gasteiger partial charge is 0.253 e. The molecule has 4 heteroatoms. The Kier molecular flexibility index (Phi) is 4.22. The van der Waals surface area contributed by atoms with Gasteiger partial charge in [0.05, 0.1) is 11.7 Å². The SMILES string of the molecule is CCCC(O)CNC(=O)c1c(C)[nH]c2ccccc12. The van der Waals surface area contributed by atoms with Crippen molar-refractivity contribution in [3.63, 3.8) is 0 Å². The number of H-pyrrole nitrogens is 1. The lowest BCUT2D eigenvalue weighted by atomic mass is 10.1. The molecule has 4 nitrogen and oxygen atoms in total. The molecule has 0 spiro atoms. The van der Waals surface area contributed by atoms with Gasteiger partial charge in [-0.25, -0.2) is 0 Å². The van der Waals surface area contributed by atoms with Crippen molar-refractivity contribution in [3.8, 4) is 0 Å². The van der Waals surface area contributed by atoms with Crippen molar-refractivity contribution in [1.82, 2.24) is 10.3 Å². The number of amides is 1. The molecular formula is C15H20N2O2. The van der Waals surface area contributed by atoms with Crippen molar-refractivity contribution in [2.24, 2.45) is 0 Å². The van der Waals surface area contributed by atoms with Crippen molar-refractivity contribution in [2.75, 3.05) is 6.54 Å². The van der Waals surface area contributed by atoms with Crippen LogP contribution in [0.1, 0.15) is 35.8 Å². The maximum Gasteiger partial charge on any atom is 0.253 e. The van der Waals surface area contributed by atoms with Crippen LogP contribution in [0, 0.1) is 6.92 Å². The first-order valence-electron chi connectivity index (χ1n) is 6.67. The van der Waals surface area contributed by atoms with Gasteiger partial charge in [-0.2, -0.15) is 0 Å². The zero-order chi connectivity index (χ0) is 13.8. The van der Waals surface area contributed by atoms with Crippen LogP contribution < -0.4 is 5.32 Å². The number of rotatable bonds is 5. The Morgan fingerprint density at radius 1 is 1.42 bits per heavy atom. The molecule has 19 heavy (non-hydrogen) atoms. The number of hydrogen-bond acceptors (Lipinski definition) is 2. The summed E-state index contributed by atoms with van der Waals surface area (Å²) in [6.07, 6.45) is 1.13. The van der Waals surface area contributed by atoms with Crippen molar-refractivity contribution in [3.05, 3.63) is 35.5 Å². The zero-order valence-electron chi connectivity index (χ0n) is 11.4. The molecule has 2 aromatic rings. The molecule has 1 aromatic carbocycles. The van der Waals surface area contributed by atoms with Crippen LogP contribution in [0.3, 0.4) is 0 Å². The molecule has 0 aliphatic rings. The fraction of sp³-hybridized carbons (Fsp3) is 0.400. The molecule has 0 fully saturated rings. The second-order valence-corrected chi connectivity index (χ2v) is 4.82. The van der Waals surface area contributed by atoms with Gasteiger partial charge in [-0.05, 0) is 19.4 Å². The molecule has 102 valence electrons. The molecule has 3 N–H and O–H groups in total. The highest BCUT2D eigenvalue weighted by molar-refractivity contribution is 6.08. The molecule has 1 heterocycles. The van der Waals surface area contributed by atoms with E-state index in [9.17, 15) is 9.90 Å². The van der Waals surface area contributed by atoms with E-state index >= 15 is 0 Å². The fourth-order valence-electron chi connectivity index (χ4n) is 2.30. The molecule has 0 saturated heterocycles. The van der Waals surface area contributed by atoms with Crippen LogP contribution in [0.25, 0.3) is 10.9 Å². The van der Waals surface area contributed by atoms with Crippen LogP contribution >= 0.6 is 0 Å². The Labute approximate surface area is 112 Å². The van der Waals surface area contributed by atoms with Crippen LogP contribution in [0.4, 0.5) is 0 Å². The van der Waals surface area contributed by atoms with Crippen molar-refractivity contribution >= 4 is 16.8 Å². The van der Waals surface area contributed by atoms with E-state index in [0.717, 1.165) is 23.0 Å². The Hall–Kier alpha value is -1.81. The van der Waals surface area contributed by atoms with E-state index in [-0.39, 0.29) is 5.91 Å². The summed E-state index contributed by atoms with van der Waals surface area (Å²) in [4.78, 5) is 15.4. The number of carbonyl (C=O) groups is 1. The van der Waals surface area contributed by atoms with Crippen LogP contribution in [0.15, 0.2) is 24.3 Å². The van der Waals surface area contributed by atoms with Crippen molar-refractivity contribution in [2.45, 2.75) is 32.8 Å². The lowest BCUT2D eigenvalue weighted by Crippen LogP contribution is -2.32. The Morgan fingerprint density at radius 2 is 2.16 bits per heavy atom. The van der Waals surface area contributed by atoms with Gasteiger partial charge in [0.25, 0.3) is 5.91 Å². The summed E-state index contributed by atoms with van der Waals surface area (Å²) in [5.41, 5.74) is 2.47. The Bertz CT molecular complexity index is 575. The summed E-state index contributed by atoms with van der Waals surface area (Å²) >= 11 is 0. The summed E-state index contributed by atoms with van der Waals surface area (Å²) in [7, 11) is 0. The van der Waals surface area contributed by atoms with Gasteiger partial charge in [-0.15, -0.1) is 0 Å². The maximum atomic E-state index is 12.2. The van der Waals surface area contributed by atoms with Gasteiger partial charge in [-0.1, -0.05) is 31.5 Å². The van der Waals surface area contributed by atoms with Crippen molar-refractivity contribution < 1.29 is 9.90 Å². The standard InChI is InChI=1S/C15H20N2O2/c1-3-6-11(18)9-16-15(19)14-10(2)17-13-8-5-4-7-12(13)14/h4-5,7-8,11,17-18H,3,6,9H2,1-2H3,(H,16,19). The molecule has 0 aliphatic carbocycles. The third-order valence-electron chi connectivity index (χ3n) is 3.24. The third kappa shape index (κ3) is 2.96. The largest absolute Gasteiger partial charge is 0.391 e. The van der Waals surface area contributed by atoms with Gasteiger partial charge in [0, 0.05) is 23.1 Å². The molecule has 0 saturated carbocycles. The minimum absolute atomic E-state index is 0.134. The molecular weight excluding hydrogens is 240 g/mol. The number of aromatic amines is 1. The van der Waals surface area contributed by atoms with E-state index in [1.54, 1.807) is 0 Å². The zero-order valence-corrected chi connectivity index (χ0v) is 11.4. The maximum absolute atomic E-state index is 12.2. The molecule has 1 unspecified atom stereocenters. The summed E-state index contributed by atoms with van der Waals surface area (Å²) in [6.45, 7) is 4.19. The number of fused-ring (bicyclic) bond motifs is 1. The normalized spacial score (nSPS) is 12.6. The number of para-hydroxylation sites is 1. The second kappa shape index (κ2) is 5.89. The topological polar surface area (TPSA) is 65.1 Å². The second-order valence-electron chi connectivity index (χ2n) is 4.82. The highest BCUT2D eigenvalue weighted by Gasteiger charge is 2.16. The van der Waals surface area contributed by atoms with Gasteiger partial charge in [0.15, 0.2) is 0 Å². The fourth-order valence-corrected chi connectivity index (χ4v) is 2.30. The van der Waals surface area contributed by atoms with Gasteiger partial charge in [0.2, 0.25) is 0 Å². The van der Waals surface area contributed by atoms with E-state index in [0.29, 0.717) is 18.5 Å². The van der Waals surface area contributed by atoms with E-state index in [1.165, 1.54) is 0 Å². The quantitative estimate of drug-likeness (QED) is 0.772. The summed E-state index contributed by atoms with van der Waals surface area (Å²) in [6, 6.07) is 7.73. The number of carbonyl (C=O) groups excluding carboxylic acids is 1. The third-order valence-corrected chi connectivity index (χ3v) is 3.24. The molecule has 0 radical (unpaired) electrons. The summed E-state index contributed by atoms with van der Waals surface area (Å²) in [5, 5.41) is 13.4.